The number of aromatic amines is 1. The van der Waals surface area contributed by atoms with Gasteiger partial charge in [-0.05, 0) is 11.6 Å². The Hall–Kier alpha value is -2.89. The minimum atomic E-state index is -0.483. The number of benzene rings is 1. The lowest BCUT2D eigenvalue weighted by atomic mass is 10.2. The van der Waals surface area contributed by atoms with Crippen LogP contribution < -0.4 is 17.0 Å². The van der Waals surface area contributed by atoms with Gasteiger partial charge in [0.05, 0.1) is 23.8 Å². The molecule has 3 rings (SSSR count). The highest BCUT2D eigenvalue weighted by Crippen LogP contribution is 2.10. The Morgan fingerprint density at radius 3 is 2.70 bits per heavy atom. The fourth-order valence-electron chi connectivity index (χ4n) is 2.10. The lowest BCUT2D eigenvalue weighted by Gasteiger charge is -2.08. The van der Waals surface area contributed by atoms with Gasteiger partial charge < -0.3 is 5.73 Å². The van der Waals surface area contributed by atoms with E-state index in [4.69, 9.17) is 5.73 Å². The molecule has 0 saturated heterocycles. The van der Waals surface area contributed by atoms with Crippen molar-refractivity contribution in [1.29, 1.82) is 0 Å². The number of H-pyrrole nitrogens is 1. The fourth-order valence-corrected chi connectivity index (χ4v) is 2.10. The van der Waals surface area contributed by atoms with Crippen molar-refractivity contribution in [3.63, 3.8) is 0 Å². The number of anilines is 1. The Labute approximate surface area is 113 Å². The molecule has 0 bridgehead atoms. The predicted octanol–water partition coefficient (Wildman–Crippen LogP) is 0.715. The maximum Gasteiger partial charge on any atom is 0.330 e. The summed E-state index contributed by atoms with van der Waals surface area (Å²) in [5.74, 6) is 0. The third-order valence-electron chi connectivity index (χ3n) is 3.04. The van der Waals surface area contributed by atoms with Crippen LogP contribution in [0.1, 0.15) is 5.56 Å². The molecule has 0 unspecified atom stereocenters. The number of nitrogens with two attached hydrogens (primary N) is 1. The van der Waals surface area contributed by atoms with Crippen molar-refractivity contribution in [2.45, 2.75) is 6.54 Å². The second kappa shape index (κ2) is 4.65. The molecule has 0 spiro atoms. The van der Waals surface area contributed by atoms with Crippen molar-refractivity contribution in [3.8, 4) is 0 Å². The van der Waals surface area contributed by atoms with E-state index in [-0.39, 0.29) is 0 Å². The molecule has 6 nitrogen and oxygen atoms in total. The molecule has 0 amide bonds. The first-order valence-electron chi connectivity index (χ1n) is 6.07. The van der Waals surface area contributed by atoms with Crippen LogP contribution in [-0.4, -0.2) is 14.5 Å². The topological polar surface area (TPSA) is 93.8 Å². The molecule has 0 aliphatic rings. The summed E-state index contributed by atoms with van der Waals surface area (Å²) in [7, 11) is 0. The number of hydrogen-bond acceptors (Lipinski definition) is 4. The molecule has 2 heterocycles. The number of fused-ring (bicyclic) bond motifs is 1. The number of nitrogens with zero attached hydrogens (tertiary/aromatic N) is 2. The van der Waals surface area contributed by atoms with E-state index in [1.165, 1.54) is 16.8 Å². The van der Waals surface area contributed by atoms with Crippen molar-refractivity contribution < 1.29 is 0 Å². The summed E-state index contributed by atoms with van der Waals surface area (Å²) < 4.78 is 1.42. The summed E-state index contributed by atoms with van der Waals surface area (Å²) in [6.45, 7) is 0.337. The van der Waals surface area contributed by atoms with Crippen LogP contribution >= 0.6 is 0 Å². The van der Waals surface area contributed by atoms with E-state index < -0.39 is 11.2 Å². The standard InChI is InChI=1S/C14H12N4O2/c15-10-6-11-12(16-7-10)18(14(20)17-13(11)19)8-9-4-2-1-3-5-9/h1-7H,8,15H2,(H,17,19,20). The molecule has 20 heavy (non-hydrogen) atoms. The van der Waals surface area contributed by atoms with Gasteiger partial charge in [-0.25, -0.2) is 9.78 Å². The van der Waals surface area contributed by atoms with Crippen LogP contribution in [0.2, 0.25) is 0 Å². The maximum atomic E-state index is 12.0. The molecule has 0 saturated carbocycles. The molecule has 2 aromatic heterocycles. The first kappa shape index (κ1) is 12.2. The molecule has 3 N–H and O–H groups in total. The van der Waals surface area contributed by atoms with Gasteiger partial charge in [-0.15, -0.1) is 0 Å². The van der Waals surface area contributed by atoms with Crippen LogP contribution in [0.15, 0.2) is 52.2 Å². The van der Waals surface area contributed by atoms with Gasteiger partial charge in [-0.2, -0.15) is 0 Å². The molecule has 0 atom stereocenters. The van der Waals surface area contributed by atoms with Crippen LogP contribution in [0.5, 0.6) is 0 Å². The van der Waals surface area contributed by atoms with Gasteiger partial charge in [0.15, 0.2) is 0 Å². The molecule has 0 aliphatic heterocycles. The van der Waals surface area contributed by atoms with Gasteiger partial charge in [0.25, 0.3) is 5.56 Å². The minimum absolute atomic E-state index is 0.306. The third-order valence-corrected chi connectivity index (χ3v) is 3.04. The van der Waals surface area contributed by atoms with Gasteiger partial charge in [0, 0.05) is 0 Å². The van der Waals surface area contributed by atoms with E-state index in [1.807, 2.05) is 30.3 Å². The number of aromatic nitrogens is 3. The van der Waals surface area contributed by atoms with Crippen LogP contribution in [0.3, 0.4) is 0 Å². The van der Waals surface area contributed by atoms with Crippen LogP contribution in [0.4, 0.5) is 5.69 Å². The highest BCUT2D eigenvalue weighted by atomic mass is 16.2. The molecule has 6 heteroatoms. The SMILES string of the molecule is Nc1cnc2c(c1)c(=O)[nH]c(=O)n2Cc1ccccc1. The van der Waals surface area contributed by atoms with E-state index in [2.05, 4.69) is 9.97 Å². The zero-order chi connectivity index (χ0) is 14.1. The van der Waals surface area contributed by atoms with Crippen molar-refractivity contribution in [1.82, 2.24) is 14.5 Å². The zero-order valence-corrected chi connectivity index (χ0v) is 10.5. The average molecular weight is 268 g/mol. The van der Waals surface area contributed by atoms with Crippen molar-refractivity contribution in [3.05, 3.63) is 69.0 Å². The maximum absolute atomic E-state index is 12.0. The van der Waals surface area contributed by atoms with E-state index in [9.17, 15) is 9.59 Å². The smallest absolute Gasteiger partial charge is 0.330 e. The third kappa shape index (κ3) is 2.07. The second-order valence-electron chi connectivity index (χ2n) is 4.47. The number of hydrogen-bond donors (Lipinski definition) is 2. The van der Waals surface area contributed by atoms with E-state index >= 15 is 0 Å². The van der Waals surface area contributed by atoms with Gasteiger partial charge in [-0.3, -0.25) is 14.3 Å². The van der Waals surface area contributed by atoms with E-state index in [0.717, 1.165) is 5.56 Å². The van der Waals surface area contributed by atoms with E-state index in [1.54, 1.807) is 0 Å². The van der Waals surface area contributed by atoms with Gasteiger partial charge >= 0.3 is 5.69 Å². The molecule has 3 aromatic rings. The number of nitrogens with one attached hydrogen (secondary N) is 1. The van der Waals surface area contributed by atoms with E-state index in [0.29, 0.717) is 23.3 Å². The van der Waals surface area contributed by atoms with Gasteiger partial charge in [0.1, 0.15) is 5.65 Å². The monoisotopic (exact) mass is 268 g/mol. The Kier molecular flexibility index (Phi) is 2.83. The molecule has 0 fully saturated rings. The first-order valence-corrected chi connectivity index (χ1v) is 6.07. The van der Waals surface area contributed by atoms with Crippen molar-refractivity contribution in [2.24, 2.45) is 0 Å². The first-order chi connectivity index (χ1) is 9.65. The normalized spacial score (nSPS) is 10.8. The van der Waals surface area contributed by atoms with Crippen molar-refractivity contribution in [2.75, 3.05) is 5.73 Å². The Morgan fingerprint density at radius 1 is 1.20 bits per heavy atom. The number of pyridine rings is 1. The highest BCUT2D eigenvalue weighted by Gasteiger charge is 2.09. The Morgan fingerprint density at radius 2 is 1.95 bits per heavy atom. The molecular formula is C14H12N4O2. The average Bonchev–Trinajstić information content (AvgIpc) is 2.45. The lowest BCUT2D eigenvalue weighted by molar-refractivity contribution is 0.746. The summed E-state index contributed by atoms with van der Waals surface area (Å²) in [4.78, 5) is 30.2. The quantitative estimate of drug-likeness (QED) is 0.716. The molecule has 100 valence electrons. The summed E-state index contributed by atoms with van der Waals surface area (Å²) in [5, 5.41) is 0.306. The molecular weight excluding hydrogens is 256 g/mol. The number of rotatable bonds is 2. The Balaban J connectivity index is 2.25. The fraction of sp³-hybridized carbons (Fsp3) is 0.0714. The Bertz CT molecular complexity index is 881. The largest absolute Gasteiger partial charge is 0.397 e. The van der Waals surface area contributed by atoms with Crippen LogP contribution in [-0.2, 0) is 6.54 Å². The lowest BCUT2D eigenvalue weighted by Crippen LogP contribution is -2.31. The summed E-state index contributed by atoms with van der Waals surface area (Å²) in [6, 6.07) is 11.0. The minimum Gasteiger partial charge on any atom is -0.397 e. The summed E-state index contributed by atoms with van der Waals surface area (Å²) in [5.41, 5.74) is 6.33. The zero-order valence-electron chi connectivity index (χ0n) is 10.5. The molecule has 0 radical (unpaired) electrons. The molecule has 1 aromatic carbocycles. The summed E-state index contributed by atoms with van der Waals surface area (Å²) in [6.07, 6.45) is 1.43. The van der Waals surface area contributed by atoms with Crippen molar-refractivity contribution >= 4 is 16.7 Å². The van der Waals surface area contributed by atoms with Crippen LogP contribution in [0.25, 0.3) is 11.0 Å². The van der Waals surface area contributed by atoms with Gasteiger partial charge in [-0.1, -0.05) is 30.3 Å². The second-order valence-corrected chi connectivity index (χ2v) is 4.47. The molecule has 0 aliphatic carbocycles. The highest BCUT2D eigenvalue weighted by molar-refractivity contribution is 5.77. The number of nitrogen functional groups attached to an aromatic ring is 1. The van der Waals surface area contributed by atoms with Crippen LogP contribution in [0, 0.1) is 0 Å². The summed E-state index contributed by atoms with van der Waals surface area (Å²) >= 11 is 0. The predicted molar refractivity (Wildman–Crippen MR) is 76.6 cm³/mol. The van der Waals surface area contributed by atoms with Gasteiger partial charge in [0.2, 0.25) is 0 Å².